The average Bonchev–Trinajstić information content (AvgIpc) is 2.86. The number of piperidine rings is 1. The van der Waals surface area contributed by atoms with E-state index in [4.69, 9.17) is 0 Å². The zero-order valence-electron chi connectivity index (χ0n) is 9.38. The van der Waals surface area contributed by atoms with Gasteiger partial charge < -0.3 is 10.6 Å². The van der Waals surface area contributed by atoms with Crippen LogP contribution in [0.15, 0.2) is 4.79 Å². The number of nitrogens with one attached hydrogen (secondary N) is 3. The van der Waals surface area contributed by atoms with Crippen molar-refractivity contribution in [2.75, 3.05) is 13.1 Å². The van der Waals surface area contributed by atoms with Crippen molar-refractivity contribution in [2.24, 2.45) is 5.92 Å². The van der Waals surface area contributed by atoms with Crippen molar-refractivity contribution in [1.82, 2.24) is 20.4 Å². The van der Waals surface area contributed by atoms with E-state index in [1.807, 2.05) is 0 Å². The minimum absolute atomic E-state index is 0.172. The van der Waals surface area contributed by atoms with Gasteiger partial charge in [-0.1, -0.05) is 0 Å². The van der Waals surface area contributed by atoms with Gasteiger partial charge in [-0.3, -0.25) is 14.6 Å². The third-order valence-electron chi connectivity index (χ3n) is 3.58. The van der Waals surface area contributed by atoms with E-state index in [0.29, 0.717) is 5.92 Å². The quantitative estimate of drug-likeness (QED) is 0.648. The molecule has 0 radical (unpaired) electrons. The summed E-state index contributed by atoms with van der Waals surface area (Å²) in [6.07, 6.45) is 2.45. The molecule has 0 bridgehead atoms. The normalized spacial score (nSPS) is 24.6. The highest BCUT2D eigenvalue weighted by Crippen LogP contribution is 2.13. The zero-order valence-corrected chi connectivity index (χ0v) is 9.38. The Balaban J connectivity index is 1.77. The largest absolute Gasteiger partial charge is 0.316 e. The minimum Gasteiger partial charge on any atom is -0.316 e. The summed E-state index contributed by atoms with van der Waals surface area (Å²) in [5, 5.41) is 9.79. The van der Waals surface area contributed by atoms with E-state index < -0.39 is 0 Å². The van der Waals surface area contributed by atoms with Crippen LogP contribution in [0.3, 0.4) is 0 Å². The highest BCUT2D eigenvalue weighted by atomic mass is 16.1. The van der Waals surface area contributed by atoms with Crippen molar-refractivity contribution in [1.29, 1.82) is 0 Å². The summed E-state index contributed by atoms with van der Waals surface area (Å²) in [6.45, 7) is 4.52. The molecule has 2 aliphatic heterocycles. The van der Waals surface area contributed by atoms with E-state index in [1.54, 1.807) is 4.68 Å². The lowest BCUT2D eigenvalue weighted by Gasteiger charge is -2.22. The van der Waals surface area contributed by atoms with Crippen LogP contribution in [0.25, 0.3) is 0 Å². The minimum atomic E-state index is 0.172. The summed E-state index contributed by atoms with van der Waals surface area (Å²) >= 11 is 0. The fourth-order valence-electron chi connectivity index (χ4n) is 2.68. The molecule has 0 amide bonds. The number of hydrogen-bond donors (Lipinski definition) is 3. The van der Waals surface area contributed by atoms with Gasteiger partial charge in [-0.2, -0.15) is 0 Å². The molecule has 5 heteroatoms. The molecule has 1 atom stereocenters. The van der Waals surface area contributed by atoms with Crippen LogP contribution in [-0.2, 0) is 19.6 Å². The Morgan fingerprint density at radius 2 is 2.25 bits per heavy atom. The topological polar surface area (TPSA) is 61.9 Å². The predicted molar refractivity (Wildman–Crippen MR) is 61.2 cm³/mol. The summed E-state index contributed by atoms with van der Waals surface area (Å²) in [7, 11) is 0. The summed E-state index contributed by atoms with van der Waals surface area (Å²) in [6, 6.07) is 0. The lowest BCUT2D eigenvalue weighted by atomic mass is 10.00. The van der Waals surface area contributed by atoms with Gasteiger partial charge in [0.25, 0.3) is 5.56 Å². The standard InChI is InChI=1S/C11H18N4O/c16-11-9-5-13-6-10(9)14-15(11)7-8-2-1-3-12-4-8/h8,12-14H,1-7H2. The first-order valence-corrected chi connectivity index (χ1v) is 6.06. The molecule has 16 heavy (non-hydrogen) atoms. The summed E-state index contributed by atoms with van der Waals surface area (Å²) in [4.78, 5) is 12.0. The van der Waals surface area contributed by atoms with Crippen molar-refractivity contribution < 1.29 is 0 Å². The van der Waals surface area contributed by atoms with E-state index >= 15 is 0 Å². The van der Waals surface area contributed by atoms with E-state index in [-0.39, 0.29) is 5.56 Å². The van der Waals surface area contributed by atoms with Crippen molar-refractivity contribution >= 4 is 0 Å². The molecule has 1 saturated heterocycles. The number of rotatable bonds is 2. The van der Waals surface area contributed by atoms with Crippen molar-refractivity contribution in [3.8, 4) is 0 Å². The van der Waals surface area contributed by atoms with E-state index in [9.17, 15) is 4.79 Å². The van der Waals surface area contributed by atoms with Gasteiger partial charge in [0, 0.05) is 19.6 Å². The molecule has 0 spiro atoms. The number of nitrogens with zero attached hydrogens (tertiary/aromatic N) is 1. The molecule has 3 heterocycles. The zero-order chi connectivity index (χ0) is 11.0. The molecule has 1 fully saturated rings. The fourth-order valence-corrected chi connectivity index (χ4v) is 2.68. The second kappa shape index (κ2) is 4.07. The second-order valence-electron chi connectivity index (χ2n) is 4.80. The van der Waals surface area contributed by atoms with Crippen LogP contribution in [0.1, 0.15) is 24.1 Å². The molecule has 1 unspecified atom stereocenters. The maximum atomic E-state index is 12.0. The first kappa shape index (κ1) is 10.1. The highest BCUT2D eigenvalue weighted by Gasteiger charge is 2.21. The molecule has 1 aromatic heterocycles. The summed E-state index contributed by atoms with van der Waals surface area (Å²) in [5.74, 6) is 0.596. The molecule has 2 aliphatic rings. The van der Waals surface area contributed by atoms with Gasteiger partial charge in [0.1, 0.15) is 0 Å². The lowest BCUT2D eigenvalue weighted by molar-refractivity contribution is 0.320. The van der Waals surface area contributed by atoms with Crippen LogP contribution in [-0.4, -0.2) is 22.9 Å². The molecule has 0 aromatic carbocycles. The molecule has 3 rings (SSSR count). The van der Waals surface area contributed by atoms with Crippen molar-refractivity contribution in [2.45, 2.75) is 32.5 Å². The Labute approximate surface area is 94.2 Å². The van der Waals surface area contributed by atoms with Gasteiger partial charge in [-0.15, -0.1) is 0 Å². The van der Waals surface area contributed by atoms with Crippen molar-refractivity contribution in [3.63, 3.8) is 0 Å². The van der Waals surface area contributed by atoms with Gasteiger partial charge in [0.2, 0.25) is 0 Å². The van der Waals surface area contributed by atoms with Crippen LogP contribution in [0.2, 0.25) is 0 Å². The van der Waals surface area contributed by atoms with Gasteiger partial charge in [0.05, 0.1) is 11.3 Å². The summed E-state index contributed by atoms with van der Waals surface area (Å²) < 4.78 is 1.79. The predicted octanol–water partition coefficient (Wildman–Crippen LogP) is -0.221. The molecular weight excluding hydrogens is 204 g/mol. The number of aromatic nitrogens is 2. The van der Waals surface area contributed by atoms with Crippen LogP contribution < -0.4 is 16.2 Å². The Bertz CT molecular complexity index is 428. The molecule has 88 valence electrons. The molecule has 3 N–H and O–H groups in total. The molecule has 5 nitrogen and oxygen atoms in total. The Kier molecular flexibility index (Phi) is 2.57. The van der Waals surface area contributed by atoms with Crippen LogP contribution in [0.5, 0.6) is 0 Å². The molecule has 0 saturated carbocycles. The number of aromatic amines is 1. The number of hydrogen-bond acceptors (Lipinski definition) is 3. The first-order valence-electron chi connectivity index (χ1n) is 6.06. The lowest BCUT2D eigenvalue weighted by Crippen LogP contribution is -2.34. The molecule has 0 aliphatic carbocycles. The Morgan fingerprint density at radius 3 is 3.00 bits per heavy atom. The highest BCUT2D eigenvalue weighted by molar-refractivity contribution is 5.21. The van der Waals surface area contributed by atoms with Crippen LogP contribution in [0, 0.1) is 5.92 Å². The van der Waals surface area contributed by atoms with Gasteiger partial charge in [-0.25, -0.2) is 0 Å². The van der Waals surface area contributed by atoms with Crippen molar-refractivity contribution in [3.05, 3.63) is 21.6 Å². The Morgan fingerprint density at radius 1 is 1.31 bits per heavy atom. The summed E-state index contributed by atoms with van der Waals surface area (Å²) in [5.41, 5.74) is 2.18. The third-order valence-corrected chi connectivity index (χ3v) is 3.58. The number of H-pyrrole nitrogens is 1. The molecule has 1 aromatic rings. The SMILES string of the molecule is O=c1c2c([nH]n1CC1CCCNC1)CNC2. The van der Waals surface area contributed by atoms with Crippen LogP contribution >= 0.6 is 0 Å². The van der Waals surface area contributed by atoms with E-state index in [0.717, 1.165) is 44.0 Å². The monoisotopic (exact) mass is 222 g/mol. The van der Waals surface area contributed by atoms with Gasteiger partial charge >= 0.3 is 0 Å². The van der Waals surface area contributed by atoms with Gasteiger partial charge in [-0.05, 0) is 31.8 Å². The van der Waals surface area contributed by atoms with Crippen LogP contribution in [0.4, 0.5) is 0 Å². The number of fused-ring (bicyclic) bond motifs is 1. The van der Waals surface area contributed by atoms with E-state index in [1.165, 1.54) is 12.8 Å². The Hall–Kier alpha value is -1.07. The maximum Gasteiger partial charge on any atom is 0.271 e. The average molecular weight is 222 g/mol. The second-order valence-corrected chi connectivity index (χ2v) is 4.80. The third kappa shape index (κ3) is 1.70. The smallest absolute Gasteiger partial charge is 0.271 e. The van der Waals surface area contributed by atoms with Gasteiger partial charge in [0.15, 0.2) is 0 Å². The fraction of sp³-hybridized carbons (Fsp3) is 0.727. The molecular formula is C11H18N4O. The maximum absolute atomic E-state index is 12.0. The first-order chi connectivity index (χ1) is 7.84. The van der Waals surface area contributed by atoms with E-state index in [2.05, 4.69) is 15.7 Å².